The van der Waals surface area contributed by atoms with Crippen LogP contribution in [-0.4, -0.2) is 17.1 Å². The van der Waals surface area contributed by atoms with E-state index in [0.29, 0.717) is 11.5 Å². The third-order valence-corrected chi connectivity index (χ3v) is 4.49. The molecule has 0 aliphatic carbocycles. The zero-order valence-corrected chi connectivity index (χ0v) is 12.6. The van der Waals surface area contributed by atoms with Crippen molar-refractivity contribution >= 4 is 10.8 Å². The van der Waals surface area contributed by atoms with Gasteiger partial charge in [0.05, 0.1) is 34.3 Å². The summed E-state index contributed by atoms with van der Waals surface area (Å²) in [4.78, 5) is 0.754. The van der Waals surface area contributed by atoms with E-state index < -0.39 is 10.8 Å². The largest absolute Gasteiger partial charge is 0.495 e. The highest BCUT2D eigenvalue weighted by atomic mass is 32.2. The molecule has 0 radical (unpaired) electrons. The summed E-state index contributed by atoms with van der Waals surface area (Å²) in [7, 11) is 0.556. The molecule has 0 saturated carbocycles. The number of nitriles is 1. The van der Waals surface area contributed by atoms with Gasteiger partial charge in [-0.2, -0.15) is 5.26 Å². The predicted octanol–water partition coefficient (Wildman–Crippen LogP) is 3.52. The number of rotatable bonds is 7. The summed E-state index contributed by atoms with van der Waals surface area (Å²) in [5.41, 5.74) is -0.286. The normalized spacial score (nSPS) is 12.7. The average Bonchev–Trinajstić information content (AvgIpc) is 2.43. The average molecular weight is 279 g/mol. The zero-order valence-electron chi connectivity index (χ0n) is 11.8. The summed E-state index contributed by atoms with van der Waals surface area (Å²) >= 11 is 0. The summed E-state index contributed by atoms with van der Waals surface area (Å²) in [5.74, 6) is 1.29. The highest BCUT2D eigenvalue weighted by Gasteiger charge is 2.16. The van der Waals surface area contributed by atoms with Crippen molar-refractivity contribution in [2.45, 2.75) is 38.0 Å². The van der Waals surface area contributed by atoms with E-state index in [-0.39, 0.29) is 5.41 Å². The lowest BCUT2D eigenvalue weighted by atomic mass is 9.89. The molecule has 0 bridgehead atoms. The van der Waals surface area contributed by atoms with Crippen molar-refractivity contribution < 1.29 is 8.95 Å². The Bertz CT molecular complexity index is 477. The molecule has 3 nitrogen and oxygen atoms in total. The van der Waals surface area contributed by atoms with Crippen molar-refractivity contribution in [3.05, 3.63) is 24.3 Å². The molecule has 0 N–H and O–H groups in total. The Labute approximate surface area is 118 Å². The molecule has 0 saturated heterocycles. The molecule has 0 aliphatic rings. The fraction of sp³-hybridized carbons (Fsp3) is 0.533. The summed E-state index contributed by atoms with van der Waals surface area (Å²) in [6, 6.07) is 9.69. The topological polar surface area (TPSA) is 50.1 Å². The lowest BCUT2D eigenvalue weighted by molar-refractivity contribution is 0.404. The van der Waals surface area contributed by atoms with E-state index in [0.717, 1.165) is 24.2 Å². The molecular formula is C15H21NO2S. The summed E-state index contributed by atoms with van der Waals surface area (Å²) < 4.78 is 17.4. The number of para-hydroxylation sites is 1. The molecule has 1 rings (SSSR count). The van der Waals surface area contributed by atoms with E-state index in [1.54, 1.807) is 7.11 Å². The van der Waals surface area contributed by atoms with Crippen molar-refractivity contribution in [1.29, 1.82) is 5.26 Å². The molecule has 4 heteroatoms. The van der Waals surface area contributed by atoms with E-state index in [1.807, 2.05) is 38.1 Å². The van der Waals surface area contributed by atoms with Crippen molar-refractivity contribution in [3.63, 3.8) is 0 Å². The van der Waals surface area contributed by atoms with Gasteiger partial charge in [-0.1, -0.05) is 18.6 Å². The Morgan fingerprint density at radius 2 is 2.00 bits per heavy atom. The lowest BCUT2D eigenvalue weighted by Crippen LogP contribution is -2.08. The van der Waals surface area contributed by atoms with E-state index in [9.17, 15) is 4.21 Å². The molecule has 0 heterocycles. The minimum Gasteiger partial charge on any atom is -0.495 e. The van der Waals surface area contributed by atoms with Gasteiger partial charge >= 0.3 is 0 Å². The first-order valence-electron chi connectivity index (χ1n) is 6.43. The Morgan fingerprint density at radius 1 is 1.32 bits per heavy atom. The minimum absolute atomic E-state index is 0.286. The molecule has 19 heavy (non-hydrogen) atoms. The van der Waals surface area contributed by atoms with Crippen LogP contribution in [0.4, 0.5) is 0 Å². The van der Waals surface area contributed by atoms with Crippen LogP contribution >= 0.6 is 0 Å². The monoisotopic (exact) mass is 279 g/mol. The van der Waals surface area contributed by atoms with Crippen molar-refractivity contribution in [3.8, 4) is 11.8 Å². The summed E-state index contributed by atoms with van der Waals surface area (Å²) in [6.07, 6.45) is 2.61. The number of methoxy groups -OCH3 is 1. The Balaban J connectivity index is 2.46. The van der Waals surface area contributed by atoms with Gasteiger partial charge in [0.15, 0.2) is 0 Å². The molecule has 1 aromatic carbocycles. The van der Waals surface area contributed by atoms with Gasteiger partial charge in [-0.15, -0.1) is 0 Å². The summed E-state index contributed by atoms with van der Waals surface area (Å²) in [5, 5.41) is 8.92. The first-order valence-corrected chi connectivity index (χ1v) is 7.75. The van der Waals surface area contributed by atoms with Gasteiger partial charge in [0.1, 0.15) is 5.75 Å². The van der Waals surface area contributed by atoms with Gasteiger partial charge in [0, 0.05) is 5.75 Å². The van der Waals surface area contributed by atoms with Crippen LogP contribution < -0.4 is 4.74 Å². The quantitative estimate of drug-likeness (QED) is 0.717. The van der Waals surface area contributed by atoms with E-state index in [4.69, 9.17) is 10.00 Å². The van der Waals surface area contributed by atoms with Crippen molar-refractivity contribution in [2.75, 3.05) is 12.9 Å². The maximum atomic E-state index is 12.2. The smallest absolute Gasteiger partial charge is 0.134 e. The number of hydrogen-bond acceptors (Lipinski definition) is 3. The number of benzene rings is 1. The van der Waals surface area contributed by atoms with Gasteiger partial charge in [0.25, 0.3) is 0 Å². The van der Waals surface area contributed by atoms with Crippen molar-refractivity contribution in [1.82, 2.24) is 0 Å². The van der Waals surface area contributed by atoms with Crippen LogP contribution in [0.25, 0.3) is 0 Å². The molecule has 0 aromatic heterocycles. The molecule has 0 spiro atoms. The first kappa shape index (κ1) is 15.7. The van der Waals surface area contributed by atoms with Gasteiger partial charge in [-0.25, -0.2) is 0 Å². The summed E-state index contributed by atoms with van der Waals surface area (Å²) in [6.45, 7) is 3.87. The van der Waals surface area contributed by atoms with Crippen LogP contribution in [0.15, 0.2) is 29.2 Å². The SMILES string of the molecule is COc1ccccc1S(=O)CCCCC(C)(C)C#N. The first-order chi connectivity index (χ1) is 9.00. The highest BCUT2D eigenvalue weighted by molar-refractivity contribution is 7.85. The van der Waals surface area contributed by atoms with Crippen LogP contribution in [0.1, 0.15) is 33.1 Å². The standard InChI is InChI=1S/C15H21NO2S/c1-15(2,12-16)10-6-7-11-19(17)14-9-5-4-8-13(14)18-3/h4-5,8-9H,6-7,10-11H2,1-3H3. The number of unbranched alkanes of at least 4 members (excludes halogenated alkanes) is 1. The maximum Gasteiger partial charge on any atom is 0.134 e. The highest BCUT2D eigenvalue weighted by Crippen LogP contribution is 2.24. The second-order valence-corrected chi connectivity index (χ2v) is 6.69. The zero-order chi connectivity index (χ0) is 14.3. The van der Waals surface area contributed by atoms with Gasteiger partial charge < -0.3 is 4.74 Å². The third kappa shape index (κ3) is 5.04. The van der Waals surface area contributed by atoms with Gasteiger partial charge in [-0.05, 0) is 38.8 Å². The van der Waals surface area contributed by atoms with Crippen LogP contribution in [0, 0.1) is 16.7 Å². The van der Waals surface area contributed by atoms with E-state index in [1.165, 1.54) is 0 Å². The molecule has 0 aliphatic heterocycles. The predicted molar refractivity (Wildman–Crippen MR) is 77.5 cm³/mol. The lowest BCUT2D eigenvalue weighted by Gasteiger charge is -2.14. The Morgan fingerprint density at radius 3 is 2.63 bits per heavy atom. The second-order valence-electron chi connectivity index (χ2n) is 5.15. The van der Waals surface area contributed by atoms with Gasteiger partial charge in [0.2, 0.25) is 0 Å². The molecule has 0 amide bonds. The molecule has 104 valence electrons. The molecular weight excluding hydrogens is 258 g/mol. The van der Waals surface area contributed by atoms with E-state index >= 15 is 0 Å². The Kier molecular flexibility index (Phi) is 6.04. The van der Waals surface area contributed by atoms with Crippen LogP contribution in [0.2, 0.25) is 0 Å². The third-order valence-electron chi connectivity index (χ3n) is 3.00. The van der Waals surface area contributed by atoms with Gasteiger partial charge in [-0.3, -0.25) is 4.21 Å². The molecule has 1 unspecified atom stereocenters. The van der Waals surface area contributed by atoms with Crippen LogP contribution in [0.5, 0.6) is 5.75 Å². The van der Waals surface area contributed by atoms with E-state index in [2.05, 4.69) is 6.07 Å². The molecule has 1 aromatic rings. The number of nitrogens with zero attached hydrogens (tertiary/aromatic N) is 1. The Hall–Kier alpha value is -1.34. The van der Waals surface area contributed by atoms with Crippen LogP contribution in [0.3, 0.4) is 0 Å². The minimum atomic E-state index is -1.03. The molecule has 0 fully saturated rings. The maximum absolute atomic E-state index is 12.2. The van der Waals surface area contributed by atoms with Crippen molar-refractivity contribution in [2.24, 2.45) is 5.41 Å². The second kappa shape index (κ2) is 7.30. The van der Waals surface area contributed by atoms with Crippen LogP contribution in [-0.2, 0) is 10.8 Å². The fourth-order valence-electron chi connectivity index (χ4n) is 1.77. The fourth-order valence-corrected chi connectivity index (χ4v) is 3.07. The molecule has 1 atom stereocenters. The number of ether oxygens (including phenoxy) is 1. The number of hydrogen-bond donors (Lipinski definition) is 0.